The number of rotatable bonds is 0. The predicted molar refractivity (Wildman–Crippen MR) is 37.1 cm³/mol. The summed E-state index contributed by atoms with van der Waals surface area (Å²) in [5.41, 5.74) is 0. The molecule has 0 unspecified atom stereocenters. The highest BCUT2D eigenvalue weighted by Gasteiger charge is 1.84. The minimum atomic E-state index is 0.932. The number of fused-ring (bicyclic) bond motifs is 1. The second-order valence-electron chi connectivity index (χ2n) is 1.93. The van der Waals surface area contributed by atoms with E-state index in [9.17, 15) is 0 Å². The fourth-order valence-electron chi connectivity index (χ4n) is 0.802. The van der Waals surface area contributed by atoms with Crippen LogP contribution in [0, 0.1) is 24.4 Å². The Bertz CT molecular complexity index is 276. The second-order valence-corrected chi connectivity index (χ2v) is 1.93. The maximum Gasteiger partial charge on any atom is 0.0597 e. The van der Waals surface area contributed by atoms with Crippen molar-refractivity contribution in [3.05, 3.63) is 42.7 Å². The van der Waals surface area contributed by atoms with Gasteiger partial charge in [-0.25, -0.2) is 4.98 Å². The van der Waals surface area contributed by atoms with E-state index in [1.54, 1.807) is 12.3 Å². The number of hydrogen-bond acceptors (Lipinski definition) is 1. The van der Waals surface area contributed by atoms with Gasteiger partial charge in [-0.3, -0.25) is 0 Å². The molecule has 2 aromatic rings. The molecular formula is C9H3N. The first-order chi connectivity index (χ1) is 4.97. The van der Waals surface area contributed by atoms with Gasteiger partial charge in [-0.2, -0.15) is 0 Å². The van der Waals surface area contributed by atoms with Crippen molar-refractivity contribution in [3.8, 4) is 0 Å². The van der Waals surface area contributed by atoms with Crippen molar-refractivity contribution < 1.29 is 0 Å². The third-order valence-electron chi connectivity index (χ3n) is 1.28. The van der Waals surface area contributed by atoms with E-state index in [2.05, 4.69) is 29.4 Å². The van der Waals surface area contributed by atoms with E-state index in [1.165, 1.54) is 0 Å². The zero-order chi connectivity index (χ0) is 6.81. The van der Waals surface area contributed by atoms with Crippen LogP contribution in [0.25, 0.3) is 10.8 Å². The highest BCUT2D eigenvalue weighted by Crippen LogP contribution is 2.02. The van der Waals surface area contributed by atoms with Crippen LogP contribution in [0.4, 0.5) is 0 Å². The maximum absolute atomic E-state index is 3.78. The van der Waals surface area contributed by atoms with E-state index in [1.807, 2.05) is 6.07 Å². The Hall–Kier alpha value is -1.73. The molecule has 1 heteroatoms. The first kappa shape index (κ1) is 5.09. The molecule has 0 bridgehead atoms. The van der Waals surface area contributed by atoms with Gasteiger partial charge < -0.3 is 0 Å². The maximum atomic E-state index is 3.78. The molecule has 0 saturated heterocycles. The van der Waals surface area contributed by atoms with Gasteiger partial charge in [0.05, 0.1) is 11.6 Å². The lowest BCUT2D eigenvalue weighted by atomic mass is 10.2. The molecular weight excluding hydrogens is 122 g/mol. The Morgan fingerprint density at radius 1 is 1.20 bits per heavy atom. The monoisotopic (exact) mass is 125 g/mol. The van der Waals surface area contributed by atoms with Crippen molar-refractivity contribution in [1.82, 2.24) is 4.98 Å². The van der Waals surface area contributed by atoms with Crippen LogP contribution in [-0.2, 0) is 0 Å². The minimum absolute atomic E-state index is 0.932. The van der Waals surface area contributed by atoms with Gasteiger partial charge in [0, 0.05) is 11.6 Å². The summed E-state index contributed by atoms with van der Waals surface area (Å²) in [5.74, 6) is 0. The van der Waals surface area contributed by atoms with Crippen LogP contribution in [0.1, 0.15) is 0 Å². The van der Waals surface area contributed by atoms with Gasteiger partial charge in [-0.05, 0) is 18.2 Å². The summed E-state index contributed by atoms with van der Waals surface area (Å²) in [5, 5.41) is 1.91. The zero-order valence-corrected chi connectivity index (χ0v) is 5.18. The number of aromatic nitrogens is 1. The van der Waals surface area contributed by atoms with Gasteiger partial charge >= 0.3 is 0 Å². The molecule has 0 saturated carbocycles. The number of hydrogen-bond donors (Lipinski definition) is 0. The fourth-order valence-corrected chi connectivity index (χ4v) is 0.802. The zero-order valence-electron chi connectivity index (χ0n) is 5.18. The van der Waals surface area contributed by atoms with Crippen LogP contribution in [0.2, 0.25) is 0 Å². The largest absolute Gasteiger partial charge is 0.204 e. The smallest absolute Gasteiger partial charge is 0.0597 e. The van der Waals surface area contributed by atoms with Gasteiger partial charge in [0.15, 0.2) is 0 Å². The highest BCUT2D eigenvalue weighted by atomic mass is 14.6. The van der Waals surface area contributed by atoms with Crippen molar-refractivity contribution in [3.63, 3.8) is 0 Å². The first-order valence-corrected chi connectivity index (χ1v) is 2.93. The minimum Gasteiger partial charge on any atom is -0.204 e. The molecule has 0 aliphatic carbocycles. The molecule has 0 atom stereocenters. The molecule has 1 aromatic carbocycles. The molecule has 0 radical (unpaired) electrons. The second kappa shape index (κ2) is 1.90. The van der Waals surface area contributed by atoms with Crippen LogP contribution in [0.3, 0.4) is 0 Å². The fraction of sp³-hybridized carbons (Fsp3) is 0. The van der Waals surface area contributed by atoms with Gasteiger partial charge in [-0.1, -0.05) is 12.1 Å². The average molecular weight is 125 g/mol. The van der Waals surface area contributed by atoms with E-state index in [0.717, 1.165) is 10.8 Å². The summed E-state index contributed by atoms with van der Waals surface area (Å²) < 4.78 is 0. The van der Waals surface area contributed by atoms with E-state index in [-0.39, 0.29) is 0 Å². The summed E-state index contributed by atoms with van der Waals surface area (Å²) >= 11 is 0. The molecule has 0 amide bonds. The van der Waals surface area contributed by atoms with Crippen LogP contribution < -0.4 is 0 Å². The van der Waals surface area contributed by atoms with E-state index >= 15 is 0 Å². The van der Waals surface area contributed by atoms with E-state index < -0.39 is 0 Å². The molecule has 0 aliphatic heterocycles. The van der Waals surface area contributed by atoms with Crippen LogP contribution in [0.15, 0.2) is 18.3 Å². The standard InChI is InChI=1S/C9H3N/c1-2-4-9-7-10-6-5-8(9)3-1/h1,3,7H. The Morgan fingerprint density at radius 2 is 2.20 bits per heavy atom. The van der Waals surface area contributed by atoms with Crippen molar-refractivity contribution in [1.29, 1.82) is 0 Å². The van der Waals surface area contributed by atoms with Crippen molar-refractivity contribution >= 4 is 10.8 Å². The summed E-state index contributed by atoms with van der Waals surface area (Å²) in [7, 11) is 0. The van der Waals surface area contributed by atoms with Gasteiger partial charge in [-0.15, -0.1) is 0 Å². The lowest BCUT2D eigenvalue weighted by Gasteiger charge is -1.82. The average Bonchev–Trinajstić information content (AvgIpc) is 2.05. The molecule has 44 valence electrons. The summed E-state index contributed by atoms with van der Waals surface area (Å²) in [4.78, 5) is 3.78. The molecule has 0 fully saturated rings. The van der Waals surface area contributed by atoms with Crippen molar-refractivity contribution in [2.45, 2.75) is 0 Å². The highest BCUT2D eigenvalue weighted by molar-refractivity contribution is 5.77. The van der Waals surface area contributed by atoms with E-state index in [4.69, 9.17) is 0 Å². The Morgan fingerprint density at radius 3 is 3.10 bits per heavy atom. The normalized spacial score (nSPS) is 8.40. The first-order valence-electron chi connectivity index (χ1n) is 2.93. The summed E-state index contributed by atoms with van der Waals surface area (Å²) in [6.07, 6.45) is 4.32. The molecule has 0 N–H and O–H groups in total. The molecule has 10 heavy (non-hydrogen) atoms. The third-order valence-corrected chi connectivity index (χ3v) is 1.28. The SMILES string of the molecule is c1ccc2c#cncc2c#1. The molecule has 0 spiro atoms. The quantitative estimate of drug-likeness (QED) is 0.519. The lowest BCUT2D eigenvalue weighted by Crippen LogP contribution is -1.67. The summed E-state index contributed by atoms with van der Waals surface area (Å²) in [6, 6.07) is 12.3. The number of nitrogens with zero attached hydrogens (tertiary/aromatic N) is 1. The van der Waals surface area contributed by atoms with Crippen LogP contribution >= 0.6 is 0 Å². The van der Waals surface area contributed by atoms with Crippen LogP contribution in [0.5, 0.6) is 0 Å². The molecule has 0 aliphatic rings. The van der Waals surface area contributed by atoms with Gasteiger partial charge in [0.2, 0.25) is 0 Å². The summed E-state index contributed by atoms with van der Waals surface area (Å²) in [6.45, 7) is 0. The van der Waals surface area contributed by atoms with E-state index in [0.29, 0.717) is 0 Å². The molecule has 2 rings (SSSR count). The van der Waals surface area contributed by atoms with Crippen LogP contribution in [-0.4, -0.2) is 4.98 Å². The Labute approximate surface area is 59.3 Å². The van der Waals surface area contributed by atoms with Gasteiger partial charge in [0.1, 0.15) is 0 Å². The topological polar surface area (TPSA) is 12.9 Å². The third kappa shape index (κ3) is 0.658. The molecule has 1 heterocycles. The Kier molecular flexibility index (Phi) is 0.966. The molecule has 1 aromatic heterocycles. The lowest BCUT2D eigenvalue weighted by molar-refractivity contribution is 1.38. The van der Waals surface area contributed by atoms with Gasteiger partial charge in [0.25, 0.3) is 0 Å². The Balaban J connectivity index is 2.89. The molecule has 1 nitrogen and oxygen atoms in total. The predicted octanol–water partition coefficient (Wildman–Crippen LogP) is 1.44. The van der Waals surface area contributed by atoms with Crippen molar-refractivity contribution in [2.24, 2.45) is 0 Å². The van der Waals surface area contributed by atoms with Crippen molar-refractivity contribution in [2.75, 3.05) is 0 Å².